The highest BCUT2D eigenvalue weighted by Crippen LogP contribution is 2.33. The predicted octanol–water partition coefficient (Wildman–Crippen LogP) is 3.44. The normalized spacial score (nSPS) is 19.9. The van der Waals surface area contributed by atoms with Crippen molar-refractivity contribution < 1.29 is 14.1 Å². The van der Waals surface area contributed by atoms with Gasteiger partial charge in [0.05, 0.1) is 0 Å². The lowest BCUT2D eigenvalue weighted by Crippen LogP contribution is -2.36. The van der Waals surface area contributed by atoms with E-state index >= 15 is 0 Å². The summed E-state index contributed by atoms with van der Waals surface area (Å²) in [7, 11) is 0. The Morgan fingerprint density at radius 1 is 1.29 bits per heavy atom. The van der Waals surface area contributed by atoms with Crippen LogP contribution in [0.3, 0.4) is 0 Å². The molecule has 6 nitrogen and oxygen atoms in total. The van der Waals surface area contributed by atoms with E-state index < -0.39 is 5.60 Å². The van der Waals surface area contributed by atoms with Gasteiger partial charge in [-0.05, 0) is 33.6 Å². The standard InChI is InChI=1S/C15H25N3O3/c1-14(2,3)12-16-11(21-17-12)10-8-7-9-18(10)13(19)20-15(4,5)6/h10H,7-9H2,1-6H3. The molecule has 1 aromatic heterocycles. The fourth-order valence-electron chi connectivity index (χ4n) is 2.24. The van der Waals surface area contributed by atoms with Crippen molar-refractivity contribution in [2.75, 3.05) is 6.54 Å². The fraction of sp³-hybridized carbons (Fsp3) is 0.800. The molecule has 1 fully saturated rings. The summed E-state index contributed by atoms with van der Waals surface area (Å²) in [6.45, 7) is 12.3. The van der Waals surface area contributed by atoms with Crippen molar-refractivity contribution in [3.05, 3.63) is 11.7 Å². The highest BCUT2D eigenvalue weighted by molar-refractivity contribution is 5.69. The van der Waals surface area contributed by atoms with E-state index in [0.717, 1.165) is 12.8 Å². The predicted molar refractivity (Wildman–Crippen MR) is 77.9 cm³/mol. The smallest absolute Gasteiger partial charge is 0.410 e. The highest BCUT2D eigenvalue weighted by Gasteiger charge is 2.37. The molecule has 0 N–H and O–H groups in total. The van der Waals surface area contributed by atoms with Crippen LogP contribution in [-0.4, -0.2) is 33.3 Å². The number of hydrogen-bond acceptors (Lipinski definition) is 5. The summed E-state index contributed by atoms with van der Waals surface area (Å²) in [5, 5.41) is 4.04. The zero-order valence-electron chi connectivity index (χ0n) is 13.8. The first-order valence-corrected chi connectivity index (χ1v) is 7.41. The summed E-state index contributed by atoms with van der Waals surface area (Å²) in [4.78, 5) is 18.4. The van der Waals surface area contributed by atoms with E-state index in [2.05, 4.69) is 10.1 Å². The summed E-state index contributed by atoms with van der Waals surface area (Å²) in [5.41, 5.74) is -0.674. The lowest BCUT2D eigenvalue weighted by molar-refractivity contribution is 0.0199. The van der Waals surface area contributed by atoms with Crippen molar-refractivity contribution in [3.63, 3.8) is 0 Å². The number of likely N-dealkylation sites (tertiary alicyclic amines) is 1. The molecular weight excluding hydrogens is 270 g/mol. The lowest BCUT2D eigenvalue weighted by Gasteiger charge is -2.27. The van der Waals surface area contributed by atoms with E-state index in [1.807, 2.05) is 41.5 Å². The van der Waals surface area contributed by atoms with E-state index in [1.165, 1.54) is 0 Å². The Hall–Kier alpha value is -1.59. The van der Waals surface area contributed by atoms with Crippen molar-refractivity contribution in [2.24, 2.45) is 0 Å². The zero-order valence-corrected chi connectivity index (χ0v) is 13.8. The van der Waals surface area contributed by atoms with Gasteiger partial charge < -0.3 is 9.26 Å². The molecule has 118 valence electrons. The van der Waals surface area contributed by atoms with Crippen LogP contribution in [-0.2, 0) is 10.2 Å². The van der Waals surface area contributed by atoms with Gasteiger partial charge in [0.15, 0.2) is 5.82 Å². The molecule has 0 radical (unpaired) electrons. The summed E-state index contributed by atoms with van der Waals surface area (Å²) in [6.07, 6.45) is 1.42. The van der Waals surface area contributed by atoms with Gasteiger partial charge in [-0.15, -0.1) is 0 Å². The van der Waals surface area contributed by atoms with Crippen molar-refractivity contribution in [3.8, 4) is 0 Å². The highest BCUT2D eigenvalue weighted by atomic mass is 16.6. The number of aromatic nitrogens is 2. The molecule has 1 unspecified atom stereocenters. The Labute approximate surface area is 125 Å². The van der Waals surface area contributed by atoms with Crippen LogP contribution >= 0.6 is 0 Å². The van der Waals surface area contributed by atoms with Crippen LogP contribution in [0.25, 0.3) is 0 Å². The van der Waals surface area contributed by atoms with Gasteiger partial charge in [0.1, 0.15) is 11.6 Å². The molecule has 0 bridgehead atoms. The topological polar surface area (TPSA) is 68.5 Å². The van der Waals surface area contributed by atoms with E-state index in [9.17, 15) is 4.79 Å². The Bertz CT molecular complexity index is 511. The summed E-state index contributed by atoms with van der Waals surface area (Å²) >= 11 is 0. The monoisotopic (exact) mass is 295 g/mol. The number of rotatable bonds is 1. The first-order valence-electron chi connectivity index (χ1n) is 7.41. The maximum Gasteiger partial charge on any atom is 0.410 e. The molecule has 6 heteroatoms. The number of ether oxygens (including phenoxy) is 1. The van der Waals surface area contributed by atoms with Gasteiger partial charge in [-0.2, -0.15) is 4.98 Å². The molecule has 1 amide bonds. The van der Waals surface area contributed by atoms with Crippen molar-refractivity contribution in [2.45, 2.75) is 71.4 Å². The molecule has 2 rings (SSSR count). The Balaban J connectivity index is 2.15. The number of hydrogen-bond donors (Lipinski definition) is 0. The second kappa shape index (κ2) is 5.31. The van der Waals surface area contributed by atoms with E-state index in [0.29, 0.717) is 18.3 Å². The van der Waals surface area contributed by atoms with Gasteiger partial charge in [-0.25, -0.2) is 4.79 Å². The summed E-state index contributed by atoms with van der Waals surface area (Å²) < 4.78 is 10.8. The van der Waals surface area contributed by atoms with Crippen LogP contribution in [0.2, 0.25) is 0 Å². The summed E-state index contributed by atoms with van der Waals surface area (Å²) in [5.74, 6) is 1.16. The Morgan fingerprint density at radius 3 is 2.48 bits per heavy atom. The third kappa shape index (κ3) is 3.74. The maximum atomic E-state index is 12.3. The molecule has 1 aromatic rings. The van der Waals surface area contributed by atoms with Crippen LogP contribution in [0.1, 0.15) is 72.1 Å². The van der Waals surface area contributed by atoms with Crippen LogP contribution in [0, 0.1) is 0 Å². The largest absolute Gasteiger partial charge is 0.444 e. The van der Waals surface area contributed by atoms with E-state index in [-0.39, 0.29) is 17.6 Å². The van der Waals surface area contributed by atoms with E-state index in [1.54, 1.807) is 4.90 Å². The van der Waals surface area contributed by atoms with Crippen molar-refractivity contribution >= 4 is 6.09 Å². The van der Waals surface area contributed by atoms with Crippen LogP contribution < -0.4 is 0 Å². The average Bonchev–Trinajstić information content (AvgIpc) is 2.94. The van der Waals surface area contributed by atoms with E-state index in [4.69, 9.17) is 9.26 Å². The molecule has 0 spiro atoms. The van der Waals surface area contributed by atoms with Gasteiger partial charge in [-0.3, -0.25) is 4.90 Å². The number of carbonyl (C=O) groups excluding carboxylic acids is 1. The maximum absolute atomic E-state index is 12.3. The van der Waals surface area contributed by atoms with Crippen molar-refractivity contribution in [1.82, 2.24) is 15.0 Å². The quantitative estimate of drug-likeness (QED) is 0.794. The minimum absolute atomic E-state index is 0.170. The molecule has 0 aliphatic carbocycles. The van der Waals surface area contributed by atoms with Gasteiger partial charge in [-0.1, -0.05) is 25.9 Å². The second-order valence-electron chi connectivity index (χ2n) is 7.54. The third-order valence-electron chi connectivity index (χ3n) is 3.28. The summed E-state index contributed by atoms with van der Waals surface area (Å²) in [6, 6.07) is -0.177. The Kier molecular flexibility index (Phi) is 4.00. The molecule has 21 heavy (non-hydrogen) atoms. The first kappa shape index (κ1) is 15.8. The van der Waals surface area contributed by atoms with Crippen molar-refractivity contribution in [1.29, 1.82) is 0 Å². The fourth-order valence-corrected chi connectivity index (χ4v) is 2.24. The van der Waals surface area contributed by atoms with Crippen LogP contribution in [0.5, 0.6) is 0 Å². The Morgan fingerprint density at radius 2 is 1.95 bits per heavy atom. The van der Waals surface area contributed by atoms with Gasteiger partial charge in [0.2, 0.25) is 5.89 Å². The number of amides is 1. The minimum atomic E-state index is -0.504. The molecule has 0 aromatic carbocycles. The molecule has 1 aliphatic heterocycles. The van der Waals surface area contributed by atoms with Gasteiger partial charge in [0, 0.05) is 12.0 Å². The van der Waals surface area contributed by atoms with Crippen LogP contribution in [0.15, 0.2) is 4.52 Å². The number of carbonyl (C=O) groups is 1. The second-order valence-corrected chi connectivity index (χ2v) is 7.54. The van der Waals surface area contributed by atoms with Gasteiger partial charge >= 0.3 is 6.09 Å². The molecule has 1 atom stereocenters. The molecule has 1 aliphatic rings. The third-order valence-corrected chi connectivity index (χ3v) is 3.28. The molecular formula is C15H25N3O3. The molecule has 1 saturated heterocycles. The zero-order chi connectivity index (χ0) is 15.8. The van der Waals surface area contributed by atoms with Gasteiger partial charge in [0.25, 0.3) is 0 Å². The first-order chi connectivity index (χ1) is 9.58. The average molecular weight is 295 g/mol. The molecule has 2 heterocycles. The lowest BCUT2D eigenvalue weighted by atomic mass is 9.96. The minimum Gasteiger partial charge on any atom is -0.444 e. The molecule has 0 saturated carbocycles. The van der Waals surface area contributed by atoms with Crippen LogP contribution in [0.4, 0.5) is 4.79 Å². The SMILES string of the molecule is CC(C)(C)OC(=O)N1CCCC1c1nc(C(C)(C)C)no1. The number of nitrogens with zero attached hydrogens (tertiary/aromatic N) is 3.